The van der Waals surface area contributed by atoms with Crippen molar-refractivity contribution in [2.24, 2.45) is 50.2 Å². The Morgan fingerprint density at radius 1 is 0.870 bits per heavy atom. The Labute approximate surface area is 271 Å². The second-order valence-electron chi connectivity index (χ2n) is 17.6. The minimum Gasteiger partial charge on any atom is -0.481 e. The van der Waals surface area contributed by atoms with E-state index in [1.165, 1.54) is 5.57 Å². The lowest BCUT2D eigenvalue weighted by molar-refractivity contribution is -0.321. The number of ether oxygens (including phenoxy) is 2. The van der Waals surface area contributed by atoms with Gasteiger partial charge in [-0.2, -0.15) is 0 Å². The molecule has 5 fully saturated rings. The van der Waals surface area contributed by atoms with E-state index >= 15 is 0 Å². The van der Waals surface area contributed by atoms with Crippen LogP contribution >= 0.6 is 0 Å². The maximum Gasteiger partial charge on any atom is 0.335 e. The van der Waals surface area contributed by atoms with Gasteiger partial charge in [0.15, 0.2) is 12.4 Å². The normalized spacial score (nSPS) is 53.0. The number of carbonyl (C=O) groups is 3. The molecule has 46 heavy (non-hydrogen) atoms. The summed E-state index contributed by atoms with van der Waals surface area (Å²) in [5.74, 6) is -1.92. The quantitative estimate of drug-likeness (QED) is 0.165. The highest BCUT2D eigenvalue weighted by Gasteiger charge is 2.70. The fourth-order valence-electron chi connectivity index (χ4n) is 12.0. The zero-order valence-electron chi connectivity index (χ0n) is 28.2. The second kappa shape index (κ2) is 10.8. The van der Waals surface area contributed by atoms with Crippen LogP contribution in [0.1, 0.15) is 106 Å². The van der Waals surface area contributed by atoms with Crippen LogP contribution in [0.3, 0.4) is 0 Å². The lowest BCUT2D eigenvalue weighted by Crippen LogP contribution is -2.67. The number of carboxylic acid groups (broad SMARTS) is 2. The molecule has 0 amide bonds. The van der Waals surface area contributed by atoms with Crippen molar-refractivity contribution in [1.29, 1.82) is 0 Å². The molecule has 10 heteroatoms. The number of fused-ring (bicyclic) bond motifs is 7. The Morgan fingerprint density at radius 2 is 1.54 bits per heavy atom. The van der Waals surface area contributed by atoms with Crippen molar-refractivity contribution in [2.45, 2.75) is 143 Å². The van der Waals surface area contributed by atoms with E-state index in [0.29, 0.717) is 12.8 Å². The average Bonchev–Trinajstić information content (AvgIpc) is 2.98. The third-order valence-electron chi connectivity index (χ3n) is 15.1. The van der Waals surface area contributed by atoms with Crippen molar-refractivity contribution in [3.8, 4) is 0 Å². The van der Waals surface area contributed by atoms with Crippen molar-refractivity contribution in [3.63, 3.8) is 0 Å². The van der Waals surface area contributed by atoms with Gasteiger partial charge in [0, 0.05) is 0 Å². The molecule has 10 nitrogen and oxygen atoms in total. The molecule has 1 unspecified atom stereocenters. The second-order valence-corrected chi connectivity index (χ2v) is 17.6. The number of aldehydes is 1. The molecule has 1 aliphatic heterocycles. The molecule has 1 heterocycles. The molecule has 6 rings (SSSR count). The highest BCUT2D eigenvalue weighted by atomic mass is 16.7. The van der Waals surface area contributed by atoms with Crippen LogP contribution in [-0.2, 0) is 23.9 Å². The first-order valence-corrected chi connectivity index (χ1v) is 17.3. The number of carboxylic acids is 2. The van der Waals surface area contributed by atoms with E-state index < -0.39 is 59.6 Å². The monoisotopic (exact) mass is 646 g/mol. The van der Waals surface area contributed by atoms with Crippen LogP contribution in [0.2, 0.25) is 0 Å². The molecule has 5 aliphatic carbocycles. The molecular formula is C36H54O10. The molecule has 0 aromatic rings. The highest BCUT2D eigenvalue weighted by Crippen LogP contribution is 2.75. The highest BCUT2D eigenvalue weighted by molar-refractivity contribution is 5.76. The van der Waals surface area contributed by atoms with Gasteiger partial charge in [0.05, 0.1) is 16.9 Å². The van der Waals surface area contributed by atoms with E-state index in [1.807, 2.05) is 6.92 Å². The molecular weight excluding hydrogens is 592 g/mol. The van der Waals surface area contributed by atoms with Crippen LogP contribution in [-0.4, -0.2) is 80.6 Å². The van der Waals surface area contributed by atoms with Crippen LogP contribution < -0.4 is 0 Å². The van der Waals surface area contributed by atoms with E-state index in [4.69, 9.17) is 9.47 Å². The number of rotatable bonds is 5. The summed E-state index contributed by atoms with van der Waals surface area (Å²) >= 11 is 0. The summed E-state index contributed by atoms with van der Waals surface area (Å²) in [6.45, 7) is 13.5. The first kappa shape index (κ1) is 34.0. The summed E-state index contributed by atoms with van der Waals surface area (Å²) in [6, 6.07) is 0. The third-order valence-corrected chi connectivity index (χ3v) is 15.1. The smallest absolute Gasteiger partial charge is 0.335 e. The summed E-state index contributed by atoms with van der Waals surface area (Å²) in [6.07, 6.45) is 1.84. The van der Waals surface area contributed by atoms with Crippen molar-refractivity contribution >= 4 is 18.2 Å². The van der Waals surface area contributed by atoms with Gasteiger partial charge < -0.3 is 39.8 Å². The van der Waals surface area contributed by atoms with Gasteiger partial charge >= 0.3 is 11.9 Å². The van der Waals surface area contributed by atoms with Gasteiger partial charge in [0.1, 0.15) is 24.6 Å². The zero-order chi connectivity index (χ0) is 33.8. The molecule has 0 radical (unpaired) electrons. The molecule has 5 N–H and O–H groups in total. The molecule has 6 aliphatic rings. The van der Waals surface area contributed by atoms with E-state index in [0.717, 1.165) is 57.7 Å². The number of aliphatic hydroxyl groups excluding tert-OH is 3. The van der Waals surface area contributed by atoms with Gasteiger partial charge in [0.2, 0.25) is 0 Å². The Kier molecular flexibility index (Phi) is 8.01. The van der Waals surface area contributed by atoms with Crippen LogP contribution in [0.25, 0.3) is 0 Å². The summed E-state index contributed by atoms with van der Waals surface area (Å²) < 4.78 is 11.7. The Hall–Kier alpha value is -1.85. The first-order valence-electron chi connectivity index (χ1n) is 17.3. The standard InChI is InChI=1S/C36H54O10/c1-31(2)13-15-36(30(43)44)16-14-34(5)19(20(36)17-31)7-8-22-32(3)11-10-23(33(4,18-37)21(32)9-12-35(22,34)6)45-29-26(40)24(38)25(39)27(46-29)28(41)42/h7,18,20-27,29,38-40H,8-17H2,1-6H3,(H,41,42)(H,43,44)/t20-,21+,22+,23?,24-,25-,26+,27-,29-,32-,33-,34+,35+,36-/m0/s1. The third kappa shape index (κ3) is 4.49. The number of aliphatic carboxylic acids is 2. The van der Waals surface area contributed by atoms with Crippen molar-refractivity contribution < 1.29 is 49.4 Å². The number of allylic oxidation sites excluding steroid dienone is 2. The molecule has 258 valence electrons. The zero-order valence-corrected chi connectivity index (χ0v) is 28.2. The van der Waals surface area contributed by atoms with Crippen molar-refractivity contribution in [3.05, 3.63) is 11.6 Å². The SMILES string of the molecule is CC1(C)CC[C@]2(C(=O)O)CC[C@]3(C)C(=CC[C@@H]4[C@@]5(C)CCC(O[C@H]6O[C@H](C(=O)O)[C@@H](O)[C@H](O)[C@H]6O)[C@@](C)(C=O)[C@@H]5CC[C@]43C)[C@@H]2C1. The summed E-state index contributed by atoms with van der Waals surface area (Å²) in [7, 11) is 0. The molecule has 14 atom stereocenters. The topological polar surface area (TPSA) is 171 Å². The van der Waals surface area contributed by atoms with Gasteiger partial charge in [-0.1, -0.05) is 53.2 Å². The first-order chi connectivity index (χ1) is 21.3. The van der Waals surface area contributed by atoms with Crippen LogP contribution in [0.4, 0.5) is 0 Å². The molecule has 0 bridgehead atoms. The summed E-state index contributed by atoms with van der Waals surface area (Å²) in [4.78, 5) is 37.7. The van der Waals surface area contributed by atoms with Crippen molar-refractivity contribution in [1.82, 2.24) is 0 Å². The Bertz CT molecular complexity index is 1310. The molecule has 0 aromatic heterocycles. The minimum atomic E-state index is -1.82. The van der Waals surface area contributed by atoms with Gasteiger partial charge in [0.25, 0.3) is 0 Å². The average molecular weight is 647 g/mol. The van der Waals surface area contributed by atoms with Crippen molar-refractivity contribution in [2.75, 3.05) is 0 Å². The van der Waals surface area contributed by atoms with Crippen LogP contribution in [0.15, 0.2) is 11.6 Å². The van der Waals surface area contributed by atoms with Crippen LogP contribution in [0.5, 0.6) is 0 Å². The van der Waals surface area contributed by atoms with E-state index in [-0.39, 0.29) is 39.4 Å². The number of carbonyl (C=O) groups excluding carboxylic acids is 1. The number of hydrogen-bond acceptors (Lipinski definition) is 8. The Balaban J connectivity index is 1.31. The molecule has 0 aromatic carbocycles. The largest absolute Gasteiger partial charge is 0.481 e. The van der Waals surface area contributed by atoms with E-state index in [9.17, 15) is 39.9 Å². The minimum absolute atomic E-state index is 0.0191. The van der Waals surface area contributed by atoms with E-state index in [1.54, 1.807) is 0 Å². The predicted molar refractivity (Wildman–Crippen MR) is 166 cm³/mol. The van der Waals surface area contributed by atoms with Gasteiger partial charge in [-0.3, -0.25) is 4.79 Å². The lowest BCUT2D eigenvalue weighted by atomic mass is 9.33. The van der Waals surface area contributed by atoms with Crippen LogP contribution in [0, 0.1) is 50.2 Å². The maximum absolute atomic E-state index is 13.1. The van der Waals surface area contributed by atoms with Gasteiger partial charge in [-0.05, 0) is 104 Å². The number of hydrogen-bond donors (Lipinski definition) is 5. The number of aliphatic hydroxyl groups is 3. The lowest BCUT2D eigenvalue weighted by Gasteiger charge is -2.71. The molecule has 1 saturated heterocycles. The maximum atomic E-state index is 13.1. The van der Waals surface area contributed by atoms with E-state index in [2.05, 4.69) is 40.7 Å². The summed E-state index contributed by atoms with van der Waals surface area (Å²) in [5, 5.41) is 51.3. The Morgan fingerprint density at radius 3 is 2.17 bits per heavy atom. The fourth-order valence-corrected chi connectivity index (χ4v) is 12.0. The fraction of sp³-hybridized carbons (Fsp3) is 0.861. The predicted octanol–water partition coefficient (Wildman–Crippen LogP) is 4.33. The molecule has 0 spiro atoms. The molecule has 4 saturated carbocycles. The summed E-state index contributed by atoms with van der Waals surface area (Å²) in [5.41, 5.74) is -0.721. The van der Waals surface area contributed by atoms with Gasteiger partial charge in [-0.15, -0.1) is 0 Å². The van der Waals surface area contributed by atoms with Gasteiger partial charge in [-0.25, -0.2) is 4.79 Å².